The first-order valence-corrected chi connectivity index (χ1v) is 6.37. The van der Waals surface area contributed by atoms with E-state index >= 15 is 0 Å². The van der Waals surface area contributed by atoms with Crippen LogP contribution >= 0.6 is 0 Å². The van der Waals surface area contributed by atoms with Crippen molar-refractivity contribution >= 4 is 11.6 Å². The summed E-state index contributed by atoms with van der Waals surface area (Å²) in [6, 6.07) is 0. The Kier molecular flexibility index (Phi) is 5.16. The second kappa shape index (κ2) is 7.13. The lowest BCUT2D eigenvalue weighted by molar-refractivity contribution is -0.0819. The van der Waals surface area contributed by atoms with Gasteiger partial charge in [0.05, 0.1) is 38.3 Å². The van der Waals surface area contributed by atoms with Crippen LogP contribution in [0.25, 0.3) is 0 Å². The SMILES string of the molecule is CCCNc1cncc(NCC2COCCO2)n1. The van der Waals surface area contributed by atoms with Crippen molar-refractivity contribution in [1.82, 2.24) is 9.97 Å². The molecule has 2 rings (SSSR count). The minimum atomic E-state index is 0.0906. The zero-order chi connectivity index (χ0) is 12.6. The fourth-order valence-corrected chi connectivity index (χ4v) is 1.66. The zero-order valence-corrected chi connectivity index (χ0v) is 10.7. The van der Waals surface area contributed by atoms with Crippen LogP contribution in [0.15, 0.2) is 12.4 Å². The van der Waals surface area contributed by atoms with E-state index in [4.69, 9.17) is 9.47 Å². The Morgan fingerprint density at radius 2 is 2.11 bits per heavy atom. The molecule has 18 heavy (non-hydrogen) atoms. The Bertz CT molecular complexity index is 356. The van der Waals surface area contributed by atoms with Crippen molar-refractivity contribution < 1.29 is 9.47 Å². The van der Waals surface area contributed by atoms with Gasteiger partial charge in [0.1, 0.15) is 11.6 Å². The van der Waals surface area contributed by atoms with E-state index in [0.717, 1.165) is 24.6 Å². The molecule has 0 aliphatic carbocycles. The van der Waals surface area contributed by atoms with Gasteiger partial charge in [0.15, 0.2) is 0 Å². The molecule has 2 N–H and O–H groups in total. The fourth-order valence-electron chi connectivity index (χ4n) is 1.66. The van der Waals surface area contributed by atoms with Crippen molar-refractivity contribution in [2.24, 2.45) is 0 Å². The molecule has 6 heteroatoms. The van der Waals surface area contributed by atoms with E-state index in [1.54, 1.807) is 12.4 Å². The fraction of sp³-hybridized carbons (Fsp3) is 0.667. The molecule has 0 aromatic carbocycles. The number of nitrogens with one attached hydrogen (secondary N) is 2. The van der Waals surface area contributed by atoms with Gasteiger partial charge in [-0.3, -0.25) is 4.98 Å². The van der Waals surface area contributed by atoms with E-state index in [-0.39, 0.29) is 6.10 Å². The van der Waals surface area contributed by atoms with Gasteiger partial charge in [-0.25, -0.2) is 4.98 Å². The van der Waals surface area contributed by atoms with E-state index < -0.39 is 0 Å². The maximum Gasteiger partial charge on any atom is 0.147 e. The molecular weight excluding hydrogens is 232 g/mol. The highest BCUT2D eigenvalue weighted by atomic mass is 16.6. The number of hydrogen-bond donors (Lipinski definition) is 2. The van der Waals surface area contributed by atoms with Crippen molar-refractivity contribution in [3.63, 3.8) is 0 Å². The molecule has 0 radical (unpaired) electrons. The Labute approximate surface area is 107 Å². The molecule has 0 amide bonds. The molecule has 1 aliphatic rings. The first-order chi connectivity index (χ1) is 8.88. The monoisotopic (exact) mass is 252 g/mol. The van der Waals surface area contributed by atoms with Gasteiger partial charge in [0.25, 0.3) is 0 Å². The molecule has 1 atom stereocenters. The second-order valence-corrected chi connectivity index (χ2v) is 4.16. The van der Waals surface area contributed by atoms with Gasteiger partial charge < -0.3 is 20.1 Å². The van der Waals surface area contributed by atoms with Crippen molar-refractivity contribution in [1.29, 1.82) is 0 Å². The predicted molar refractivity (Wildman–Crippen MR) is 69.9 cm³/mol. The molecule has 1 aromatic heterocycles. The van der Waals surface area contributed by atoms with Gasteiger partial charge in [0, 0.05) is 13.1 Å². The lowest BCUT2D eigenvalue weighted by Crippen LogP contribution is -2.34. The number of hydrogen-bond acceptors (Lipinski definition) is 6. The van der Waals surface area contributed by atoms with E-state index in [0.29, 0.717) is 26.4 Å². The lowest BCUT2D eigenvalue weighted by atomic mass is 10.3. The lowest BCUT2D eigenvalue weighted by Gasteiger charge is -2.23. The van der Waals surface area contributed by atoms with E-state index in [9.17, 15) is 0 Å². The van der Waals surface area contributed by atoms with Crippen molar-refractivity contribution in [3.8, 4) is 0 Å². The van der Waals surface area contributed by atoms with Gasteiger partial charge >= 0.3 is 0 Å². The second-order valence-electron chi connectivity index (χ2n) is 4.16. The van der Waals surface area contributed by atoms with E-state index in [2.05, 4.69) is 27.5 Å². The maximum absolute atomic E-state index is 5.54. The highest BCUT2D eigenvalue weighted by Gasteiger charge is 2.13. The van der Waals surface area contributed by atoms with Crippen molar-refractivity contribution in [3.05, 3.63) is 12.4 Å². The predicted octanol–water partition coefficient (Wildman–Crippen LogP) is 1.13. The van der Waals surface area contributed by atoms with Gasteiger partial charge in [0.2, 0.25) is 0 Å². The summed E-state index contributed by atoms with van der Waals surface area (Å²) in [5.41, 5.74) is 0. The van der Waals surface area contributed by atoms with Crippen LogP contribution in [0, 0.1) is 0 Å². The van der Waals surface area contributed by atoms with E-state index in [1.807, 2.05) is 0 Å². The number of aromatic nitrogens is 2. The minimum absolute atomic E-state index is 0.0906. The molecule has 0 bridgehead atoms. The minimum Gasteiger partial charge on any atom is -0.376 e. The molecule has 6 nitrogen and oxygen atoms in total. The largest absolute Gasteiger partial charge is 0.376 e. The Balaban J connectivity index is 1.80. The standard InChI is InChI=1S/C12H20N4O2/c1-2-3-14-11-7-13-8-12(16-11)15-6-10-9-17-4-5-18-10/h7-8,10H,2-6,9H2,1H3,(H2,14,15,16). The number of anilines is 2. The topological polar surface area (TPSA) is 68.3 Å². The van der Waals surface area contributed by atoms with Crippen molar-refractivity contribution in [2.45, 2.75) is 19.4 Å². The normalized spacial score (nSPS) is 19.5. The van der Waals surface area contributed by atoms with Crippen LogP contribution in [-0.2, 0) is 9.47 Å². The number of nitrogens with zero attached hydrogens (tertiary/aromatic N) is 2. The van der Waals surface area contributed by atoms with Gasteiger partial charge in [-0.1, -0.05) is 6.92 Å². The van der Waals surface area contributed by atoms with Crippen LogP contribution < -0.4 is 10.6 Å². The Morgan fingerprint density at radius 3 is 2.83 bits per heavy atom. The third-order valence-electron chi connectivity index (χ3n) is 2.59. The summed E-state index contributed by atoms with van der Waals surface area (Å²) < 4.78 is 10.9. The first-order valence-electron chi connectivity index (χ1n) is 6.37. The van der Waals surface area contributed by atoms with Crippen LogP contribution in [0.4, 0.5) is 11.6 Å². The summed E-state index contributed by atoms with van der Waals surface area (Å²) in [7, 11) is 0. The number of rotatable bonds is 6. The first kappa shape index (κ1) is 13.0. The summed E-state index contributed by atoms with van der Waals surface area (Å²) in [4.78, 5) is 8.56. The molecule has 0 saturated carbocycles. The van der Waals surface area contributed by atoms with Gasteiger partial charge in [-0.15, -0.1) is 0 Å². The van der Waals surface area contributed by atoms with Crippen LogP contribution in [0.2, 0.25) is 0 Å². The van der Waals surface area contributed by atoms with Crippen LogP contribution in [0.1, 0.15) is 13.3 Å². The molecule has 1 fully saturated rings. The zero-order valence-electron chi connectivity index (χ0n) is 10.7. The average molecular weight is 252 g/mol. The van der Waals surface area contributed by atoms with E-state index in [1.165, 1.54) is 0 Å². The van der Waals surface area contributed by atoms with Crippen molar-refractivity contribution in [2.75, 3.05) is 43.5 Å². The number of ether oxygens (including phenoxy) is 2. The summed E-state index contributed by atoms with van der Waals surface area (Å²) in [6.45, 7) is 5.68. The molecule has 1 aliphatic heterocycles. The van der Waals surface area contributed by atoms with Crippen LogP contribution in [-0.4, -0.2) is 49.0 Å². The Hall–Kier alpha value is -1.40. The van der Waals surface area contributed by atoms with Gasteiger partial charge in [-0.05, 0) is 6.42 Å². The maximum atomic E-state index is 5.54. The summed E-state index contributed by atoms with van der Waals surface area (Å²) in [6.07, 6.45) is 4.59. The molecule has 2 heterocycles. The van der Waals surface area contributed by atoms with Gasteiger partial charge in [-0.2, -0.15) is 0 Å². The van der Waals surface area contributed by atoms with Crippen LogP contribution in [0.3, 0.4) is 0 Å². The summed E-state index contributed by atoms with van der Waals surface area (Å²) in [5.74, 6) is 1.55. The highest BCUT2D eigenvalue weighted by molar-refractivity contribution is 5.41. The molecule has 100 valence electrons. The summed E-state index contributed by atoms with van der Waals surface area (Å²) in [5, 5.41) is 6.42. The summed E-state index contributed by atoms with van der Waals surface area (Å²) >= 11 is 0. The Morgan fingerprint density at radius 1 is 1.28 bits per heavy atom. The molecule has 1 aromatic rings. The smallest absolute Gasteiger partial charge is 0.147 e. The molecule has 0 spiro atoms. The molecular formula is C12H20N4O2. The third kappa shape index (κ3) is 4.12. The molecule has 1 unspecified atom stereocenters. The third-order valence-corrected chi connectivity index (χ3v) is 2.59. The average Bonchev–Trinajstić information content (AvgIpc) is 2.44. The molecule has 1 saturated heterocycles. The quantitative estimate of drug-likeness (QED) is 0.791. The van der Waals surface area contributed by atoms with Crippen LogP contribution in [0.5, 0.6) is 0 Å². The highest BCUT2D eigenvalue weighted by Crippen LogP contribution is 2.08.